The molecule has 2 N–H and O–H groups in total. The molecule has 0 aliphatic carbocycles. The zero-order chi connectivity index (χ0) is 17.8. The molecule has 1 aromatic rings. The molecule has 2 fully saturated rings. The van der Waals surface area contributed by atoms with Crippen LogP contribution in [0.4, 0.5) is 0 Å². The Labute approximate surface area is 151 Å². The molecule has 0 bridgehead atoms. The van der Waals surface area contributed by atoms with Crippen LogP contribution in [0.5, 0.6) is 0 Å². The summed E-state index contributed by atoms with van der Waals surface area (Å²) in [6.45, 7) is 6.75. The molecule has 4 heteroatoms. The lowest BCUT2D eigenvalue weighted by Crippen LogP contribution is -2.45. The van der Waals surface area contributed by atoms with Crippen molar-refractivity contribution < 1.29 is 9.53 Å². The molecule has 4 nitrogen and oxygen atoms in total. The Balaban J connectivity index is 1.45. The van der Waals surface area contributed by atoms with Crippen LogP contribution in [0.3, 0.4) is 0 Å². The summed E-state index contributed by atoms with van der Waals surface area (Å²) in [5.74, 6) is 0.855. The molecule has 25 heavy (non-hydrogen) atoms. The predicted molar refractivity (Wildman–Crippen MR) is 100 cm³/mol. The number of carbonyl (C=O) groups excluding carboxylic acids is 1. The number of ether oxygens (including phenoxy) is 1. The number of likely N-dealkylation sites (tertiary alicyclic amines) is 1. The molecule has 138 valence electrons. The summed E-state index contributed by atoms with van der Waals surface area (Å²) < 4.78 is 5.93. The van der Waals surface area contributed by atoms with E-state index >= 15 is 0 Å². The second-order valence-electron chi connectivity index (χ2n) is 7.91. The number of amides is 1. The second-order valence-corrected chi connectivity index (χ2v) is 7.91. The van der Waals surface area contributed by atoms with Crippen LogP contribution in [-0.4, -0.2) is 42.6 Å². The molecule has 1 aromatic carbocycles. The van der Waals surface area contributed by atoms with Crippen LogP contribution >= 0.6 is 0 Å². The second kappa shape index (κ2) is 8.33. The number of hydrogen-bond acceptors (Lipinski definition) is 3. The Kier molecular flexibility index (Phi) is 6.13. The van der Waals surface area contributed by atoms with E-state index in [4.69, 9.17) is 10.5 Å². The van der Waals surface area contributed by atoms with Crippen molar-refractivity contribution in [1.82, 2.24) is 4.90 Å². The Hall–Kier alpha value is -1.39. The zero-order valence-corrected chi connectivity index (χ0v) is 15.7. The van der Waals surface area contributed by atoms with E-state index < -0.39 is 0 Å². The van der Waals surface area contributed by atoms with E-state index in [1.807, 2.05) is 4.90 Å². The molecule has 3 rings (SSSR count). The SMILES string of the molecule is Cc1cc(C)cc(CCC(=O)N2CCC(C3CC(N)CCO3)CC2)c1. The first-order valence-corrected chi connectivity index (χ1v) is 9.73. The maximum Gasteiger partial charge on any atom is 0.222 e. The van der Waals surface area contributed by atoms with Crippen LogP contribution in [0.25, 0.3) is 0 Å². The molecule has 0 saturated carbocycles. The zero-order valence-electron chi connectivity index (χ0n) is 15.7. The van der Waals surface area contributed by atoms with E-state index in [1.165, 1.54) is 16.7 Å². The fourth-order valence-corrected chi connectivity index (χ4v) is 4.33. The number of nitrogens with two attached hydrogens (primary N) is 1. The Morgan fingerprint density at radius 2 is 1.84 bits per heavy atom. The third-order valence-corrected chi connectivity index (χ3v) is 5.68. The number of carbonyl (C=O) groups is 1. The van der Waals surface area contributed by atoms with Gasteiger partial charge in [-0.1, -0.05) is 29.3 Å². The highest BCUT2D eigenvalue weighted by Crippen LogP contribution is 2.28. The van der Waals surface area contributed by atoms with Crippen molar-refractivity contribution in [2.45, 2.75) is 64.5 Å². The number of aryl methyl sites for hydroxylation is 3. The molecule has 2 aliphatic rings. The summed E-state index contributed by atoms with van der Waals surface area (Å²) in [6.07, 6.45) is 5.80. The number of piperidine rings is 1. The van der Waals surface area contributed by atoms with Gasteiger partial charge in [0.2, 0.25) is 5.91 Å². The predicted octanol–water partition coefficient (Wildman–Crippen LogP) is 2.98. The van der Waals surface area contributed by atoms with Crippen LogP contribution in [0.2, 0.25) is 0 Å². The van der Waals surface area contributed by atoms with Gasteiger partial charge in [0.1, 0.15) is 0 Å². The van der Waals surface area contributed by atoms with Gasteiger partial charge in [-0.05, 0) is 57.4 Å². The molecule has 0 radical (unpaired) electrons. The highest BCUT2D eigenvalue weighted by molar-refractivity contribution is 5.76. The molecule has 2 atom stereocenters. The minimum Gasteiger partial charge on any atom is -0.378 e. The van der Waals surface area contributed by atoms with Crippen LogP contribution in [0, 0.1) is 19.8 Å². The number of hydrogen-bond donors (Lipinski definition) is 1. The summed E-state index contributed by atoms with van der Waals surface area (Å²) in [6, 6.07) is 6.85. The first-order chi connectivity index (χ1) is 12.0. The fraction of sp³-hybridized carbons (Fsp3) is 0.667. The Morgan fingerprint density at radius 1 is 1.16 bits per heavy atom. The van der Waals surface area contributed by atoms with E-state index in [-0.39, 0.29) is 6.04 Å². The number of rotatable bonds is 4. The van der Waals surface area contributed by atoms with Crippen molar-refractivity contribution in [1.29, 1.82) is 0 Å². The first kappa shape index (κ1) is 18.4. The quantitative estimate of drug-likeness (QED) is 0.913. The van der Waals surface area contributed by atoms with E-state index in [0.29, 0.717) is 24.3 Å². The van der Waals surface area contributed by atoms with Crippen LogP contribution < -0.4 is 5.73 Å². The van der Waals surface area contributed by atoms with E-state index in [0.717, 1.165) is 51.8 Å². The summed E-state index contributed by atoms with van der Waals surface area (Å²) in [4.78, 5) is 14.6. The lowest BCUT2D eigenvalue weighted by molar-refractivity contribution is -0.133. The van der Waals surface area contributed by atoms with Gasteiger partial charge in [-0.2, -0.15) is 0 Å². The Bertz CT molecular complexity index is 573. The number of benzene rings is 1. The van der Waals surface area contributed by atoms with Crippen molar-refractivity contribution in [2.75, 3.05) is 19.7 Å². The average molecular weight is 344 g/mol. The minimum atomic E-state index is 0.288. The van der Waals surface area contributed by atoms with Gasteiger partial charge in [-0.25, -0.2) is 0 Å². The topological polar surface area (TPSA) is 55.6 Å². The standard InChI is InChI=1S/C21H32N2O2/c1-15-11-16(2)13-17(12-15)3-4-21(24)23-8-5-18(6-9-23)20-14-19(22)7-10-25-20/h11-13,18-20H,3-10,14,22H2,1-2H3. The van der Waals surface area contributed by atoms with Gasteiger partial charge < -0.3 is 15.4 Å². The van der Waals surface area contributed by atoms with Crippen LogP contribution in [0.15, 0.2) is 18.2 Å². The van der Waals surface area contributed by atoms with Gasteiger partial charge in [-0.15, -0.1) is 0 Å². The normalized spacial score (nSPS) is 25.2. The van der Waals surface area contributed by atoms with Gasteiger partial charge >= 0.3 is 0 Å². The summed E-state index contributed by atoms with van der Waals surface area (Å²) >= 11 is 0. The molecule has 1 amide bonds. The average Bonchev–Trinajstić information content (AvgIpc) is 2.59. The van der Waals surface area contributed by atoms with E-state index in [9.17, 15) is 4.79 Å². The van der Waals surface area contributed by atoms with E-state index in [1.54, 1.807) is 0 Å². The highest BCUT2D eigenvalue weighted by Gasteiger charge is 2.31. The maximum atomic E-state index is 12.6. The summed E-state index contributed by atoms with van der Waals surface area (Å²) in [5.41, 5.74) is 9.89. The largest absolute Gasteiger partial charge is 0.378 e. The fourth-order valence-electron chi connectivity index (χ4n) is 4.33. The molecular weight excluding hydrogens is 312 g/mol. The molecule has 0 aromatic heterocycles. The number of nitrogens with zero attached hydrogens (tertiary/aromatic N) is 1. The monoisotopic (exact) mass is 344 g/mol. The third-order valence-electron chi connectivity index (χ3n) is 5.68. The first-order valence-electron chi connectivity index (χ1n) is 9.73. The van der Waals surface area contributed by atoms with Crippen molar-refractivity contribution in [3.05, 3.63) is 34.9 Å². The van der Waals surface area contributed by atoms with Gasteiger partial charge in [0.25, 0.3) is 0 Å². The molecule has 2 aliphatic heterocycles. The third kappa shape index (κ3) is 5.05. The highest BCUT2D eigenvalue weighted by atomic mass is 16.5. The lowest BCUT2D eigenvalue weighted by atomic mass is 9.86. The van der Waals surface area contributed by atoms with Crippen molar-refractivity contribution in [3.63, 3.8) is 0 Å². The van der Waals surface area contributed by atoms with Gasteiger partial charge in [0.15, 0.2) is 0 Å². The van der Waals surface area contributed by atoms with Gasteiger partial charge in [0.05, 0.1) is 6.10 Å². The van der Waals surface area contributed by atoms with Crippen molar-refractivity contribution >= 4 is 5.91 Å². The summed E-state index contributed by atoms with van der Waals surface area (Å²) in [7, 11) is 0. The lowest BCUT2D eigenvalue weighted by Gasteiger charge is -2.38. The van der Waals surface area contributed by atoms with E-state index in [2.05, 4.69) is 32.0 Å². The molecule has 2 saturated heterocycles. The van der Waals surface area contributed by atoms with Crippen LogP contribution in [-0.2, 0) is 16.0 Å². The Morgan fingerprint density at radius 3 is 2.48 bits per heavy atom. The molecule has 0 spiro atoms. The minimum absolute atomic E-state index is 0.288. The molecule has 2 heterocycles. The molecular formula is C21H32N2O2. The van der Waals surface area contributed by atoms with Gasteiger partial charge in [-0.3, -0.25) is 4.79 Å². The summed E-state index contributed by atoms with van der Waals surface area (Å²) in [5, 5.41) is 0. The smallest absolute Gasteiger partial charge is 0.222 e. The maximum absolute atomic E-state index is 12.6. The van der Waals surface area contributed by atoms with Gasteiger partial charge in [0, 0.05) is 32.2 Å². The van der Waals surface area contributed by atoms with Crippen molar-refractivity contribution in [2.24, 2.45) is 11.7 Å². The van der Waals surface area contributed by atoms with Crippen molar-refractivity contribution in [3.8, 4) is 0 Å². The van der Waals surface area contributed by atoms with Crippen LogP contribution in [0.1, 0.15) is 48.8 Å². The molecule has 2 unspecified atom stereocenters.